The fourth-order valence-corrected chi connectivity index (χ4v) is 4.21. The number of nitrogens with zero attached hydrogens (tertiary/aromatic N) is 1. The average molecular weight is 423 g/mol. The van der Waals surface area contributed by atoms with Crippen molar-refractivity contribution in [2.75, 3.05) is 10.2 Å². The van der Waals surface area contributed by atoms with Gasteiger partial charge in [0, 0.05) is 15.6 Å². The van der Waals surface area contributed by atoms with Crippen molar-refractivity contribution in [3.63, 3.8) is 0 Å². The third-order valence-electron chi connectivity index (χ3n) is 5.13. The molecule has 0 saturated carbocycles. The molecule has 0 fully saturated rings. The first-order chi connectivity index (χ1) is 13.9. The van der Waals surface area contributed by atoms with Gasteiger partial charge in [0.2, 0.25) is 0 Å². The Kier molecular flexibility index (Phi) is 5.03. The van der Waals surface area contributed by atoms with Gasteiger partial charge in [0.05, 0.1) is 11.3 Å². The van der Waals surface area contributed by atoms with Crippen LogP contribution in [0.1, 0.15) is 21.6 Å². The highest BCUT2D eigenvalue weighted by molar-refractivity contribution is 7.11. The summed E-state index contributed by atoms with van der Waals surface area (Å²) < 4.78 is 0. The molecule has 6 heteroatoms. The van der Waals surface area contributed by atoms with Crippen LogP contribution in [0.4, 0.5) is 11.4 Å². The van der Waals surface area contributed by atoms with E-state index < -0.39 is 0 Å². The Bertz CT molecular complexity index is 1170. The summed E-state index contributed by atoms with van der Waals surface area (Å²) in [5.41, 5.74) is 4.94. The van der Waals surface area contributed by atoms with Crippen LogP contribution < -0.4 is 10.2 Å². The van der Waals surface area contributed by atoms with Crippen LogP contribution in [0.15, 0.2) is 59.6 Å². The highest BCUT2D eigenvalue weighted by Crippen LogP contribution is 2.37. The molecule has 0 aliphatic carbocycles. The minimum absolute atomic E-state index is 0.280. The maximum atomic E-state index is 13.4. The molecular weight excluding hydrogens is 404 g/mol. The van der Waals surface area contributed by atoms with Gasteiger partial charge in [-0.3, -0.25) is 9.59 Å². The summed E-state index contributed by atoms with van der Waals surface area (Å²) in [6, 6.07) is 14.8. The molecule has 1 N–H and O–H groups in total. The Morgan fingerprint density at radius 1 is 0.931 bits per heavy atom. The lowest BCUT2D eigenvalue weighted by molar-refractivity contribution is -0.120. The lowest BCUT2D eigenvalue weighted by atomic mass is 10.1. The topological polar surface area (TPSA) is 49.4 Å². The van der Waals surface area contributed by atoms with Gasteiger partial charge >= 0.3 is 0 Å². The van der Waals surface area contributed by atoms with E-state index in [-0.39, 0.29) is 17.5 Å². The molecule has 1 aromatic heterocycles. The standard InChI is InChI=1S/C23H19ClN2O2S/c1-13-6-4-7-18(15(13)3)25-21-20(19-8-5-11-29-19)22(27)26(23(21)28)16-10-9-14(2)17(24)12-16/h4-12,25H,1-3H3. The first-order valence-electron chi connectivity index (χ1n) is 9.15. The van der Waals surface area contributed by atoms with Crippen molar-refractivity contribution in [1.29, 1.82) is 0 Å². The number of nitrogens with one attached hydrogen (secondary N) is 1. The molecule has 0 radical (unpaired) electrons. The third kappa shape index (κ3) is 3.37. The van der Waals surface area contributed by atoms with Crippen molar-refractivity contribution in [3.05, 3.63) is 86.2 Å². The van der Waals surface area contributed by atoms with Crippen molar-refractivity contribution >= 4 is 51.7 Å². The number of carbonyl (C=O) groups excluding carboxylic acids is 2. The van der Waals surface area contributed by atoms with E-state index in [1.165, 1.54) is 16.2 Å². The second kappa shape index (κ2) is 7.50. The van der Waals surface area contributed by atoms with E-state index in [9.17, 15) is 9.59 Å². The van der Waals surface area contributed by atoms with Crippen LogP contribution in [0.3, 0.4) is 0 Å². The first kappa shape index (κ1) is 19.4. The molecule has 29 heavy (non-hydrogen) atoms. The molecule has 0 spiro atoms. The summed E-state index contributed by atoms with van der Waals surface area (Å²) in [6.45, 7) is 5.88. The molecule has 2 aromatic carbocycles. The van der Waals surface area contributed by atoms with Gasteiger partial charge in [0.25, 0.3) is 11.8 Å². The van der Waals surface area contributed by atoms with E-state index in [0.717, 1.165) is 27.3 Å². The Morgan fingerprint density at radius 3 is 2.41 bits per heavy atom. The zero-order valence-electron chi connectivity index (χ0n) is 16.2. The second-order valence-corrected chi connectivity index (χ2v) is 8.33. The van der Waals surface area contributed by atoms with Crippen LogP contribution in [0, 0.1) is 20.8 Å². The maximum absolute atomic E-state index is 13.4. The van der Waals surface area contributed by atoms with Gasteiger partial charge in [-0.2, -0.15) is 0 Å². The second-order valence-electron chi connectivity index (χ2n) is 6.98. The predicted octanol–water partition coefficient (Wildman–Crippen LogP) is 5.72. The number of amides is 2. The number of anilines is 2. The number of aryl methyl sites for hydroxylation is 2. The SMILES string of the molecule is Cc1ccc(N2C(=O)C(Nc3cccc(C)c3C)=C(c3cccs3)C2=O)cc1Cl. The lowest BCUT2D eigenvalue weighted by Gasteiger charge is -2.17. The molecule has 0 atom stereocenters. The van der Waals surface area contributed by atoms with E-state index in [0.29, 0.717) is 16.3 Å². The summed E-state index contributed by atoms with van der Waals surface area (Å²) >= 11 is 7.68. The quantitative estimate of drug-likeness (QED) is 0.547. The smallest absolute Gasteiger partial charge is 0.282 e. The van der Waals surface area contributed by atoms with Gasteiger partial charge in [-0.25, -0.2) is 4.90 Å². The molecule has 1 aliphatic rings. The minimum Gasteiger partial charge on any atom is -0.350 e. The predicted molar refractivity (Wildman–Crippen MR) is 119 cm³/mol. The summed E-state index contributed by atoms with van der Waals surface area (Å²) in [5, 5.41) is 5.64. The normalized spacial score (nSPS) is 14.1. The zero-order chi connectivity index (χ0) is 20.7. The highest BCUT2D eigenvalue weighted by Gasteiger charge is 2.41. The van der Waals surface area contributed by atoms with Gasteiger partial charge in [-0.15, -0.1) is 11.3 Å². The molecule has 1 aliphatic heterocycles. The van der Waals surface area contributed by atoms with Gasteiger partial charge in [0.15, 0.2) is 0 Å². The number of rotatable bonds is 4. The average Bonchev–Trinajstić information content (AvgIpc) is 3.29. The molecule has 146 valence electrons. The van der Waals surface area contributed by atoms with Crippen molar-refractivity contribution in [3.8, 4) is 0 Å². The van der Waals surface area contributed by atoms with Gasteiger partial charge in [0.1, 0.15) is 5.70 Å². The Morgan fingerprint density at radius 2 is 1.72 bits per heavy atom. The van der Waals surface area contributed by atoms with Gasteiger partial charge in [-0.1, -0.05) is 35.9 Å². The fourth-order valence-electron chi connectivity index (χ4n) is 3.27. The summed E-state index contributed by atoms with van der Waals surface area (Å²) in [5.74, 6) is -0.746. The van der Waals surface area contributed by atoms with E-state index in [4.69, 9.17) is 11.6 Å². The minimum atomic E-state index is -0.390. The van der Waals surface area contributed by atoms with E-state index >= 15 is 0 Å². The molecule has 3 aromatic rings. The van der Waals surface area contributed by atoms with Crippen LogP contribution in [0.2, 0.25) is 5.02 Å². The third-order valence-corrected chi connectivity index (χ3v) is 6.42. The van der Waals surface area contributed by atoms with E-state index in [1.807, 2.05) is 56.5 Å². The summed E-state index contributed by atoms with van der Waals surface area (Å²) in [7, 11) is 0. The van der Waals surface area contributed by atoms with Crippen LogP contribution in [0.25, 0.3) is 5.57 Å². The molecule has 0 bridgehead atoms. The molecule has 2 heterocycles. The highest BCUT2D eigenvalue weighted by atomic mass is 35.5. The van der Waals surface area contributed by atoms with Crippen LogP contribution >= 0.6 is 22.9 Å². The molecule has 4 rings (SSSR count). The zero-order valence-corrected chi connectivity index (χ0v) is 17.8. The monoisotopic (exact) mass is 422 g/mol. The number of carbonyl (C=O) groups is 2. The van der Waals surface area contributed by atoms with E-state index in [2.05, 4.69) is 5.32 Å². The van der Waals surface area contributed by atoms with Crippen LogP contribution in [-0.2, 0) is 9.59 Å². The van der Waals surface area contributed by atoms with Crippen LogP contribution in [-0.4, -0.2) is 11.8 Å². The number of benzene rings is 2. The maximum Gasteiger partial charge on any atom is 0.282 e. The van der Waals surface area contributed by atoms with Crippen molar-refractivity contribution < 1.29 is 9.59 Å². The molecular formula is C23H19ClN2O2S. The van der Waals surface area contributed by atoms with E-state index in [1.54, 1.807) is 18.2 Å². The molecule has 4 nitrogen and oxygen atoms in total. The Balaban J connectivity index is 1.83. The number of hydrogen-bond donors (Lipinski definition) is 1. The van der Waals surface area contributed by atoms with Gasteiger partial charge < -0.3 is 5.32 Å². The molecule has 0 saturated heterocycles. The van der Waals surface area contributed by atoms with Crippen molar-refractivity contribution in [2.24, 2.45) is 0 Å². The number of hydrogen-bond acceptors (Lipinski definition) is 4. The van der Waals surface area contributed by atoms with Gasteiger partial charge in [-0.05, 0) is 67.1 Å². The number of thiophene rings is 1. The van der Waals surface area contributed by atoms with Crippen molar-refractivity contribution in [2.45, 2.75) is 20.8 Å². The lowest BCUT2D eigenvalue weighted by Crippen LogP contribution is -2.32. The fraction of sp³-hybridized carbons (Fsp3) is 0.130. The molecule has 2 amide bonds. The summed E-state index contributed by atoms with van der Waals surface area (Å²) in [4.78, 5) is 28.6. The first-order valence-corrected chi connectivity index (χ1v) is 10.4. The number of imide groups is 1. The summed E-state index contributed by atoms with van der Waals surface area (Å²) in [6.07, 6.45) is 0. The number of halogens is 1. The van der Waals surface area contributed by atoms with Crippen molar-refractivity contribution in [1.82, 2.24) is 0 Å². The largest absolute Gasteiger partial charge is 0.350 e. The molecule has 0 unspecified atom stereocenters. The van der Waals surface area contributed by atoms with Crippen LogP contribution in [0.5, 0.6) is 0 Å². The Labute approximate surface area is 178 Å². The Hall–Kier alpha value is -2.89.